The minimum atomic E-state index is 0.955. The van der Waals surface area contributed by atoms with E-state index in [1.165, 1.54) is 32.1 Å². The molecule has 2 rings (SSSR count). The van der Waals surface area contributed by atoms with Crippen molar-refractivity contribution < 1.29 is 0 Å². The van der Waals surface area contributed by atoms with Gasteiger partial charge in [-0.15, -0.1) is 0 Å². The molecule has 0 nitrogen and oxygen atoms in total. The Morgan fingerprint density at radius 2 is 2.25 bits per heavy atom. The Morgan fingerprint density at radius 1 is 1.42 bits per heavy atom. The third kappa shape index (κ3) is 1.48. The van der Waals surface area contributed by atoms with Crippen LogP contribution in [0, 0.1) is 11.8 Å². The van der Waals surface area contributed by atoms with Crippen molar-refractivity contribution in [3.63, 3.8) is 0 Å². The highest BCUT2D eigenvalue weighted by Gasteiger charge is 2.30. The molecule has 0 heteroatoms. The maximum absolute atomic E-state index is 2.33. The van der Waals surface area contributed by atoms with Crippen molar-refractivity contribution in [1.29, 1.82) is 0 Å². The average Bonchev–Trinajstić information content (AvgIpc) is 2.47. The lowest BCUT2D eigenvalue weighted by Gasteiger charge is -2.36. The van der Waals surface area contributed by atoms with Crippen molar-refractivity contribution in [3.05, 3.63) is 23.8 Å². The fourth-order valence-electron chi connectivity index (χ4n) is 2.45. The summed E-state index contributed by atoms with van der Waals surface area (Å²) in [6.07, 6.45) is 13.8. The van der Waals surface area contributed by atoms with Gasteiger partial charge in [0.2, 0.25) is 0 Å². The summed E-state index contributed by atoms with van der Waals surface area (Å²) in [4.78, 5) is 0. The molecule has 0 N–H and O–H groups in total. The second-order valence-electron chi connectivity index (χ2n) is 4.20. The summed E-state index contributed by atoms with van der Waals surface area (Å²) < 4.78 is 0. The van der Waals surface area contributed by atoms with Crippen LogP contribution in [0.15, 0.2) is 23.8 Å². The molecule has 0 spiro atoms. The van der Waals surface area contributed by atoms with E-state index in [1.54, 1.807) is 5.57 Å². The van der Waals surface area contributed by atoms with E-state index < -0.39 is 0 Å². The SMILES string of the molecule is CCCC1CC(C2=CC=CC2)C1. The zero-order valence-corrected chi connectivity index (χ0v) is 7.92. The van der Waals surface area contributed by atoms with Gasteiger partial charge < -0.3 is 0 Å². The number of allylic oxidation sites excluding steroid dienone is 4. The highest BCUT2D eigenvalue weighted by Crippen LogP contribution is 2.43. The standard InChI is InChI=1S/C12H18/c1-2-5-10-8-12(9-10)11-6-3-4-7-11/h3-4,6,10,12H,2,5,7-9H2,1H3. The zero-order valence-electron chi connectivity index (χ0n) is 7.92. The van der Waals surface area contributed by atoms with Crippen LogP contribution in [0.3, 0.4) is 0 Å². The van der Waals surface area contributed by atoms with Gasteiger partial charge in [-0.25, -0.2) is 0 Å². The summed E-state index contributed by atoms with van der Waals surface area (Å²) in [6.45, 7) is 2.30. The predicted octanol–water partition coefficient (Wildman–Crippen LogP) is 3.70. The minimum absolute atomic E-state index is 0.955. The van der Waals surface area contributed by atoms with Crippen molar-refractivity contribution in [2.45, 2.75) is 39.0 Å². The summed E-state index contributed by atoms with van der Waals surface area (Å²) in [5.41, 5.74) is 1.70. The van der Waals surface area contributed by atoms with Crippen LogP contribution >= 0.6 is 0 Å². The Labute approximate surface area is 75.4 Å². The molecule has 2 aliphatic carbocycles. The molecule has 12 heavy (non-hydrogen) atoms. The van der Waals surface area contributed by atoms with E-state index in [9.17, 15) is 0 Å². The fourth-order valence-corrected chi connectivity index (χ4v) is 2.45. The topological polar surface area (TPSA) is 0 Å². The first-order chi connectivity index (χ1) is 5.90. The molecule has 66 valence electrons. The minimum Gasteiger partial charge on any atom is -0.0805 e. The first kappa shape index (κ1) is 8.10. The fraction of sp³-hybridized carbons (Fsp3) is 0.667. The Morgan fingerprint density at radius 3 is 2.83 bits per heavy atom. The van der Waals surface area contributed by atoms with Crippen LogP contribution in [-0.2, 0) is 0 Å². The van der Waals surface area contributed by atoms with Crippen LogP contribution < -0.4 is 0 Å². The van der Waals surface area contributed by atoms with Crippen molar-refractivity contribution in [2.75, 3.05) is 0 Å². The van der Waals surface area contributed by atoms with E-state index in [2.05, 4.69) is 25.2 Å². The first-order valence-corrected chi connectivity index (χ1v) is 5.25. The summed E-state index contributed by atoms with van der Waals surface area (Å²) in [5.74, 6) is 2.01. The Hall–Kier alpha value is -0.520. The highest BCUT2D eigenvalue weighted by atomic mass is 14.4. The summed E-state index contributed by atoms with van der Waals surface area (Å²) in [5, 5.41) is 0. The van der Waals surface area contributed by atoms with Crippen LogP contribution in [0.25, 0.3) is 0 Å². The third-order valence-electron chi connectivity index (χ3n) is 3.26. The number of hydrogen-bond donors (Lipinski definition) is 0. The molecule has 0 aromatic heterocycles. The lowest BCUT2D eigenvalue weighted by Crippen LogP contribution is -2.24. The lowest BCUT2D eigenvalue weighted by molar-refractivity contribution is 0.211. The lowest BCUT2D eigenvalue weighted by atomic mass is 9.69. The van der Waals surface area contributed by atoms with E-state index in [1.807, 2.05) is 0 Å². The van der Waals surface area contributed by atoms with Crippen LogP contribution in [0.5, 0.6) is 0 Å². The number of rotatable bonds is 3. The molecule has 0 amide bonds. The molecule has 2 aliphatic rings. The molecule has 0 heterocycles. The van der Waals surface area contributed by atoms with Gasteiger partial charge in [-0.2, -0.15) is 0 Å². The summed E-state index contributed by atoms with van der Waals surface area (Å²) >= 11 is 0. The first-order valence-electron chi connectivity index (χ1n) is 5.25. The molecule has 0 bridgehead atoms. The molecule has 0 aromatic carbocycles. The third-order valence-corrected chi connectivity index (χ3v) is 3.26. The Kier molecular flexibility index (Phi) is 2.34. The van der Waals surface area contributed by atoms with Crippen LogP contribution in [0.2, 0.25) is 0 Å². The summed E-state index contributed by atoms with van der Waals surface area (Å²) in [7, 11) is 0. The Balaban J connectivity index is 1.74. The Bertz CT molecular complexity index is 204. The summed E-state index contributed by atoms with van der Waals surface area (Å²) in [6, 6.07) is 0. The van der Waals surface area contributed by atoms with E-state index >= 15 is 0 Å². The van der Waals surface area contributed by atoms with Gasteiger partial charge in [-0.3, -0.25) is 0 Å². The quantitative estimate of drug-likeness (QED) is 0.593. The molecule has 1 fully saturated rings. The molecular formula is C12H18. The molecule has 0 saturated heterocycles. The van der Waals surface area contributed by atoms with Gasteiger partial charge in [0.15, 0.2) is 0 Å². The molecular weight excluding hydrogens is 144 g/mol. The van der Waals surface area contributed by atoms with Gasteiger partial charge >= 0.3 is 0 Å². The largest absolute Gasteiger partial charge is 0.0805 e. The van der Waals surface area contributed by atoms with Gasteiger partial charge in [0.05, 0.1) is 0 Å². The maximum atomic E-state index is 2.33. The molecule has 0 aromatic rings. The maximum Gasteiger partial charge on any atom is -0.0130 e. The molecule has 0 radical (unpaired) electrons. The monoisotopic (exact) mass is 162 g/mol. The molecule has 1 saturated carbocycles. The zero-order chi connectivity index (χ0) is 8.39. The molecule has 0 atom stereocenters. The van der Waals surface area contributed by atoms with Crippen LogP contribution in [-0.4, -0.2) is 0 Å². The average molecular weight is 162 g/mol. The van der Waals surface area contributed by atoms with Crippen molar-refractivity contribution in [1.82, 2.24) is 0 Å². The van der Waals surface area contributed by atoms with Crippen molar-refractivity contribution >= 4 is 0 Å². The van der Waals surface area contributed by atoms with Crippen molar-refractivity contribution in [3.8, 4) is 0 Å². The van der Waals surface area contributed by atoms with E-state index in [4.69, 9.17) is 0 Å². The second kappa shape index (κ2) is 3.47. The van der Waals surface area contributed by atoms with Crippen LogP contribution in [0.1, 0.15) is 39.0 Å². The van der Waals surface area contributed by atoms with Gasteiger partial charge in [0.1, 0.15) is 0 Å². The van der Waals surface area contributed by atoms with Gasteiger partial charge in [-0.1, -0.05) is 43.6 Å². The molecule has 0 unspecified atom stereocenters. The van der Waals surface area contributed by atoms with E-state index in [-0.39, 0.29) is 0 Å². The van der Waals surface area contributed by atoms with Crippen LogP contribution in [0.4, 0.5) is 0 Å². The predicted molar refractivity (Wildman–Crippen MR) is 53.0 cm³/mol. The number of hydrogen-bond acceptors (Lipinski definition) is 0. The van der Waals surface area contributed by atoms with Gasteiger partial charge in [0, 0.05) is 0 Å². The van der Waals surface area contributed by atoms with Gasteiger partial charge in [-0.05, 0) is 31.1 Å². The normalized spacial score (nSPS) is 33.2. The van der Waals surface area contributed by atoms with Gasteiger partial charge in [0.25, 0.3) is 0 Å². The molecule has 0 aliphatic heterocycles. The highest BCUT2D eigenvalue weighted by molar-refractivity contribution is 5.26. The smallest absolute Gasteiger partial charge is 0.0130 e. The van der Waals surface area contributed by atoms with E-state index in [0.29, 0.717) is 0 Å². The van der Waals surface area contributed by atoms with Crippen molar-refractivity contribution in [2.24, 2.45) is 11.8 Å². The second-order valence-corrected chi connectivity index (χ2v) is 4.20. The van der Waals surface area contributed by atoms with E-state index in [0.717, 1.165) is 11.8 Å².